The van der Waals surface area contributed by atoms with Gasteiger partial charge in [-0.3, -0.25) is 4.90 Å². The predicted octanol–water partition coefficient (Wildman–Crippen LogP) is 3.60. The van der Waals surface area contributed by atoms with Crippen LogP contribution in [0.2, 0.25) is 0 Å². The Morgan fingerprint density at radius 3 is 2.55 bits per heavy atom. The molecule has 0 radical (unpaired) electrons. The van der Waals surface area contributed by atoms with Gasteiger partial charge in [-0.2, -0.15) is 5.26 Å². The molecule has 0 aromatic heterocycles. The first-order valence-electron chi connectivity index (χ1n) is 7.47. The van der Waals surface area contributed by atoms with Crippen molar-refractivity contribution in [1.82, 2.24) is 4.90 Å². The van der Waals surface area contributed by atoms with Crippen LogP contribution in [0.15, 0.2) is 24.3 Å². The van der Waals surface area contributed by atoms with Gasteiger partial charge >= 0.3 is 0 Å². The molecule has 20 heavy (non-hydrogen) atoms. The standard InChI is InChI=1S/C17H24N2O/c1-19(13-14-8-10-16(20-2)11-9-14)17-7-5-3-4-6-15(17)12-18/h8-11,15,17H,3-7,13H2,1-2H3. The highest BCUT2D eigenvalue weighted by molar-refractivity contribution is 5.27. The van der Waals surface area contributed by atoms with Crippen molar-refractivity contribution < 1.29 is 4.74 Å². The zero-order chi connectivity index (χ0) is 14.4. The second-order valence-corrected chi connectivity index (χ2v) is 5.70. The first-order chi connectivity index (χ1) is 9.74. The average Bonchev–Trinajstić information content (AvgIpc) is 2.73. The maximum Gasteiger partial charge on any atom is 0.118 e. The van der Waals surface area contributed by atoms with E-state index in [1.807, 2.05) is 12.1 Å². The van der Waals surface area contributed by atoms with E-state index in [4.69, 9.17) is 4.74 Å². The topological polar surface area (TPSA) is 36.3 Å². The molecule has 0 amide bonds. The lowest BCUT2D eigenvalue weighted by molar-refractivity contribution is 0.183. The molecule has 1 aromatic carbocycles. The zero-order valence-corrected chi connectivity index (χ0v) is 12.5. The molecule has 1 aromatic rings. The smallest absolute Gasteiger partial charge is 0.118 e. The highest BCUT2D eigenvalue weighted by atomic mass is 16.5. The van der Waals surface area contributed by atoms with E-state index in [1.54, 1.807) is 7.11 Å². The Kier molecular flexibility index (Phi) is 5.43. The second kappa shape index (κ2) is 7.31. The van der Waals surface area contributed by atoms with Crippen LogP contribution in [-0.2, 0) is 6.54 Å². The summed E-state index contributed by atoms with van der Waals surface area (Å²) in [6.07, 6.45) is 5.91. The number of hydrogen-bond donors (Lipinski definition) is 0. The van der Waals surface area contributed by atoms with Gasteiger partial charge < -0.3 is 4.74 Å². The van der Waals surface area contributed by atoms with Crippen LogP contribution in [0.5, 0.6) is 5.75 Å². The third-order valence-corrected chi connectivity index (χ3v) is 4.30. The molecule has 2 unspecified atom stereocenters. The van der Waals surface area contributed by atoms with E-state index < -0.39 is 0 Å². The van der Waals surface area contributed by atoms with Crippen molar-refractivity contribution in [3.8, 4) is 11.8 Å². The van der Waals surface area contributed by atoms with E-state index in [0.29, 0.717) is 6.04 Å². The minimum absolute atomic E-state index is 0.181. The molecule has 0 N–H and O–H groups in total. The highest BCUT2D eigenvalue weighted by Crippen LogP contribution is 2.27. The fraction of sp³-hybridized carbons (Fsp3) is 0.588. The normalized spacial score (nSPS) is 23.1. The molecular formula is C17H24N2O. The van der Waals surface area contributed by atoms with Crippen molar-refractivity contribution in [3.05, 3.63) is 29.8 Å². The summed E-state index contributed by atoms with van der Waals surface area (Å²) in [6, 6.07) is 11.1. The lowest BCUT2D eigenvalue weighted by Crippen LogP contribution is -2.36. The summed E-state index contributed by atoms with van der Waals surface area (Å²) in [5.74, 6) is 1.07. The average molecular weight is 272 g/mol. The lowest BCUT2D eigenvalue weighted by atomic mass is 9.95. The summed E-state index contributed by atoms with van der Waals surface area (Å²) in [6.45, 7) is 0.896. The number of nitrogens with zero attached hydrogens (tertiary/aromatic N) is 2. The van der Waals surface area contributed by atoms with Crippen LogP contribution in [-0.4, -0.2) is 25.1 Å². The van der Waals surface area contributed by atoms with Crippen LogP contribution in [0.3, 0.4) is 0 Å². The van der Waals surface area contributed by atoms with Crippen LogP contribution in [0.4, 0.5) is 0 Å². The molecule has 2 rings (SSSR count). The van der Waals surface area contributed by atoms with Crippen molar-refractivity contribution in [2.75, 3.05) is 14.2 Å². The minimum atomic E-state index is 0.181. The maximum absolute atomic E-state index is 9.38. The van der Waals surface area contributed by atoms with Gasteiger partial charge in [0.25, 0.3) is 0 Å². The molecule has 3 nitrogen and oxygen atoms in total. The van der Waals surface area contributed by atoms with E-state index in [1.165, 1.54) is 24.8 Å². The van der Waals surface area contributed by atoms with Gasteiger partial charge in [-0.05, 0) is 37.6 Å². The monoisotopic (exact) mass is 272 g/mol. The molecule has 1 saturated carbocycles. The summed E-state index contributed by atoms with van der Waals surface area (Å²) in [4.78, 5) is 2.35. The molecule has 2 atom stereocenters. The SMILES string of the molecule is COc1ccc(CN(C)C2CCCCCC2C#N)cc1. The van der Waals surface area contributed by atoms with E-state index in [0.717, 1.165) is 25.1 Å². The molecular weight excluding hydrogens is 248 g/mol. The van der Waals surface area contributed by atoms with Crippen molar-refractivity contribution in [2.45, 2.75) is 44.7 Å². The molecule has 0 heterocycles. The predicted molar refractivity (Wildman–Crippen MR) is 80.4 cm³/mol. The van der Waals surface area contributed by atoms with Crippen LogP contribution in [0.1, 0.15) is 37.7 Å². The number of nitriles is 1. The molecule has 1 aliphatic carbocycles. The Morgan fingerprint density at radius 1 is 1.20 bits per heavy atom. The molecule has 1 aliphatic rings. The van der Waals surface area contributed by atoms with Gasteiger partial charge in [0.1, 0.15) is 5.75 Å². The highest BCUT2D eigenvalue weighted by Gasteiger charge is 2.26. The first-order valence-corrected chi connectivity index (χ1v) is 7.47. The van der Waals surface area contributed by atoms with Gasteiger partial charge in [0.15, 0.2) is 0 Å². The second-order valence-electron chi connectivity index (χ2n) is 5.70. The summed E-state index contributed by atoms with van der Waals surface area (Å²) >= 11 is 0. The molecule has 0 bridgehead atoms. The van der Waals surface area contributed by atoms with Gasteiger partial charge in [0, 0.05) is 12.6 Å². The van der Waals surface area contributed by atoms with Gasteiger partial charge in [0.2, 0.25) is 0 Å². The number of ether oxygens (including phenoxy) is 1. The fourth-order valence-electron chi connectivity index (χ4n) is 3.10. The van der Waals surface area contributed by atoms with Gasteiger partial charge in [-0.1, -0.05) is 31.4 Å². The van der Waals surface area contributed by atoms with E-state index >= 15 is 0 Å². The third-order valence-electron chi connectivity index (χ3n) is 4.30. The number of benzene rings is 1. The Hall–Kier alpha value is -1.53. The van der Waals surface area contributed by atoms with Crippen molar-refractivity contribution >= 4 is 0 Å². The molecule has 3 heteroatoms. The van der Waals surface area contributed by atoms with Gasteiger partial charge in [0.05, 0.1) is 19.1 Å². The van der Waals surface area contributed by atoms with Crippen LogP contribution in [0.25, 0.3) is 0 Å². The molecule has 0 saturated heterocycles. The van der Waals surface area contributed by atoms with E-state index in [9.17, 15) is 5.26 Å². The van der Waals surface area contributed by atoms with Crippen molar-refractivity contribution in [3.63, 3.8) is 0 Å². The maximum atomic E-state index is 9.38. The van der Waals surface area contributed by atoms with Crippen LogP contribution < -0.4 is 4.74 Å². The Bertz CT molecular complexity index is 449. The largest absolute Gasteiger partial charge is 0.497 e. The Morgan fingerprint density at radius 2 is 1.90 bits per heavy atom. The lowest BCUT2D eigenvalue weighted by Gasteiger charge is -2.30. The molecule has 0 spiro atoms. The Labute approximate surface area is 122 Å². The van der Waals surface area contributed by atoms with Crippen LogP contribution in [0, 0.1) is 17.2 Å². The van der Waals surface area contributed by atoms with E-state index in [-0.39, 0.29) is 5.92 Å². The molecule has 1 fully saturated rings. The fourth-order valence-corrected chi connectivity index (χ4v) is 3.10. The summed E-state index contributed by atoms with van der Waals surface area (Å²) in [5, 5.41) is 9.38. The zero-order valence-electron chi connectivity index (χ0n) is 12.5. The first kappa shape index (κ1) is 14.9. The number of methoxy groups -OCH3 is 1. The Balaban J connectivity index is 2.01. The van der Waals surface area contributed by atoms with E-state index in [2.05, 4.69) is 30.1 Å². The van der Waals surface area contributed by atoms with Gasteiger partial charge in [-0.25, -0.2) is 0 Å². The molecule has 0 aliphatic heterocycles. The minimum Gasteiger partial charge on any atom is -0.497 e. The summed E-state index contributed by atoms with van der Waals surface area (Å²) in [7, 11) is 3.83. The third kappa shape index (κ3) is 3.74. The summed E-state index contributed by atoms with van der Waals surface area (Å²) in [5.41, 5.74) is 1.27. The summed E-state index contributed by atoms with van der Waals surface area (Å²) < 4.78 is 5.18. The van der Waals surface area contributed by atoms with Crippen LogP contribution >= 0.6 is 0 Å². The molecule has 108 valence electrons. The number of rotatable bonds is 4. The quantitative estimate of drug-likeness (QED) is 0.786. The van der Waals surface area contributed by atoms with Gasteiger partial charge in [-0.15, -0.1) is 0 Å². The van der Waals surface area contributed by atoms with Crippen molar-refractivity contribution in [1.29, 1.82) is 5.26 Å². The van der Waals surface area contributed by atoms with Crippen molar-refractivity contribution in [2.24, 2.45) is 5.92 Å². The number of hydrogen-bond acceptors (Lipinski definition) is 3.